The Bertz CT molecular complexity index is 572. The maximum atomic E-state index is 4.70. The van der Waals surface area contributed by atoms with Gasteiger partial charge in [-0.25, -0.2) is 4.68 Å². The van der Waals surface area contributed by atoms with Gasteiger partial charge in [-0.3, -0.25) is 4.98 Å². The van der Waals surface area contributed by atoms with Gasteiger partial charge in [0, 0.05) is 24.1 Å². The minimum Gasteiger partial charge on any atom is -0.314 e. The number of nitrogens with zero attached hydrogens (tertiary/aromatic N) is 3. The van der Waals surface area contributed by atoms with Crippen molar-refractivity contribution in [3.8, 4) is 5.69 Å². The molecule has 0 aliphatic rings. The van der Waals surface area contributed by atoms with Crippen molar-refractivity contribution in [2.24, 2.45) is 5.92 Å². The Labute approximate surface area is 127 Å². The molecule has 4 nitrogen and oxygen atoms in total. The predicted molar refractivity (Wildman–Crippen MR) is 86.8 cm³/mol. The van der Waals surface area contributed by atoms with E-state index in [0.29, 0.717) is 12.0 Å². The smallest absolute Gasteiger partial charge is 0.0679 e. The number of rotatable bonds is 6. The van der Waals surface area contributed by atoms with E-state index in [1.54, 1.807) is 12.4 Å². The monoisotopic (exact) mass is 286 g/mol. The number of nitrogens with one attached hydrogen (secondary N) is 1. The van der Waals surface area contributed by atoms with E-state index in [-0.39, 0.29) is 0 Å². The van der Waals surface area contributed by atoms with Gasteiger partial charge < -0.3 is 5.32 Å². The number of hydrogen-bond acceptors (Lipinski definition) is 3. The second-order valence-corrected chi connectivity index (χ2v) is 6.14. The van der Waals surface area contributed by atoms with Gasteiger partial charge in [0.2, 0.25) is 0 Å². The average molecular weight is 286 g/mol. The summed E-state index contributed by atoms with van der Waals surface area (Å²) in [4.78, 5) is 4.07. The van der Waals surface area contributed by atoms with Gasteiger partial charge in [-0.2, -0.15) is 5.10 Å². The molecule has 0 spiro atoms. The van der Waals surface area contributed by atoms with Crippen LogP contribution in [0.1, 0.15) is 37.7 Å². The second-order valence-electron chi connectivity index (χ2n) is 6.14. The molecule has 2 aromatic rings. The summed E-state index contributed by atoms with van der Waals surface area (Å²) < 4.78 is 2.02. The quantitative estimate of drug-likeness (QED) is 0.887. The zero-order valence-corrected chi connectivity index (χ0v) is 13.7. The van der Waals surface area contributed by atoms with Crippen LogP contribution < -0.4 is 5.32 Å². The van der Waals surface area contributed by atoms with E-state index in [4.69, 9.17) is 5.10 Å². The largest absolute Gasteiger partial charge is 0.314 e. The Morgan fingerprint density at radius 2 is 1.81 bits per heavy atom. The highest BCUT2D eigenvalue weighted by atomic mass is 15.3. The number of hydrogen-bond donors (Lipinski definition) is 1. The molecule has 21 heavy (non-hydrogen) atoms. The Hall–Kier alpha value is -1.68. The van der Waals surface area contributed by atoms with Gasteiger partial charge >= 0.3 is 0 Å². The predicted octanol–water partition coefficient (Wildman–Crippen LogP) is 3.06. The topological polar surface area (TPSA) is 42.7 Å². The highest BCUT2D eigenvalue weighted by molar-refractivity contribution is 5.35. The Morgan fingerprint density at radius 1 is 1.14 bits per heavy atom. The maximum absolute atomic E-state index is 4.70. The van der Waals surface area contributed by atoms with Crippen LogP contribution in [0.3, 0.4) is 0 Å². The van der Waals surface area contributed by atoms with Gasteiger partial charge in [0.1, 0.15) is 0 Å². The van der Waals surface area contributed by atoms with Crippen LogP contribution in [0.15, 0.2) is 24.5 Å². The first kappa shape index (κ1) is 15.7. The van der Waals surface area contributed by atoms with Crippen LogP contribution in [0.2, 0.25) is 0 Å². The van der Waals surface area contributed by atoms with Crippen LogP contribution in [-0.4, -0.2) is 27.4 Å². The van der Waals surface area contributed by atoms with Crippen LogP contribution in [0.25, 0.3) is 5.69 Å². The summed E-state index contributed by atoms with van der Waals surface area (Å²) in [5.41, 5.74) is 4.80. The van der Waals surface area contributed by atoms with Gasteiger partial charge in [-0.1, -0.05) is 20.8 Å². The van der Waals surface area contributed by atoms with Crippen LogP contribution in [0.4, 0.5) is 0 Å². The minimum atomic E-state index is 0.536. The lowest BCUT2D eigenvalue weighted by molar-refractivity contribution is 0.474. The molecule has 2 rings (SSSR count). The second kappa shape index (κ2) is 6.85. The average Bonchev–Trinajstić information content (AvgIpc) is 2.74. The van der Waals surface area contributed by atoms with E-state index in [1.165, 1.54) is 11.3 Å². The molecule has 0 bridgehead atoms. The molecule has 4 heteroatoms. The molecule has 114 valence electrons. The molecule has 1 unspecified atom stereocenters. The van der Waals surface area contributed by atoms with E-state index >= 15 is 0 Å². The first-order chi connectivity index (χ1) is 9.99. The lowest BCUT2D eigenvalue weighted by atomic mass is 9.99. The molecule has 0 saturated heterocycles. The lowest BCUT2D eigenvalue weighted by Crippen LogP contribution is -2.28. The Kier molecular flexibility index (Phi) is 5.12. The van der Waals surface area contributed by atoms with Crippen molar-refractivity contribution >= 4 is 0 Å². The van der Waals surface area contributed by atoms with Gasteiger partial charge in [-0.15, -0.1) is 0 Å². The third kappa shape index (κ3) is 3.91. The summed E-state index contributed by atoms with van der Waals surface area (Å²) in [5.74, 6) is 0.597. The van der Waals surface area contributed by atoms with Crippen LogP contribution >= 0.6 is 0 Å². The molecular formula is C17H26N4. The molecule has 0 aromatic carbocycles. The Morgan fingerprint density at radius 3 is 2.43 bits per heavy atom. The van der Waals surface area contributed by atoms with Crippen LogP contribution in [-0.2, 0) is 6.42 Å². The summed E-state index contributed by atoms with van der Waals surface area (Å²) in [6.07, 6.45) is 4.67. The zero-order valence-electron chi connectivity index (χ0n) is 13.7. The highest BCUT2D eigenvalue weighted by Gasteiger charge is 2.15. The molecule has 1 atom stereocenters. The third-order valence-corrected chi connectivity index (χ3v) is 3.78. The molecule has 2 aromatic heterocycles. The van der Waals surface area contributed by atoms with Crippen molar-refractivity contribution < 1.29 is 0 Å². The van der Waals surface area contributed by atoms with E-state index in [0.717, 1.165) is 24.3 Å². The molecule has 0 aliphatic carbocycles. The van der Waals surface area contributed by atoms with Gasteiger partial charge in [0.25, 0.3) is 0 Å². The fourth-order valence-corrected chi connectivity index (χ4v) is 2.56. The molecule has 2 heterocycles. The first-order valence-electron chi connectivity index (χ1n) is 7.68. The van der Waals surface area contributed by atoms with Crippen molar-refractivity contribution in [2.45, 2.75) is 47.1 Å². The molecule has 0 radical (unpaired) electrons. The van der Waals surface area contributed by atoms with Crippen LogP contribution in [0.5, 0.6) is 0 Å². The van der Waals surface area contributed by atoms with Crippen molar-refractivity contribution in [3.05, 3.63) is 41.5 Å². The lowest BCUT2D eigenvalue weighted by Gasteiger charge is -2.15. The summed E-state index contributed by atoms with van der Waals surface area (Å²) >= 11 is 0. The third-order valence-electron chi connectivity index (χ3n) is 3.78. The summed E-state index contributed by atoms with van der Waals surface area (Å²) in [7, 11) is 0. The van der Waals surface area contributed by atoms with Crippen molar-refractivity contribution in [1.82, 2.24) is 20.1 Å². The SMILES string of the molecule is Cc1nn(-c2ccncc2)c(C)c1CC(C)CNC(C)C. The summed E-state index contributed by atoms with van der Waals surface area (Å²) in [5, 5.41) is 8.20. The van der Waals surface area contributed by atoms with E-state index in [2.05, 4.69) is 44.9 Å². The van der Waals surface area contributed by atoms with E-state index in [1.807, 2.05) is 16.8 Å². The van der Waals surface area contributed by atoms with E-state index < -0.39 is 0 Å². The standard InChI is InChI=1S/C17H26N4/c1-12(2)19-11-13(3)10-17-14(4)20-21(15(17)5)16-6-8-18-9-7-16/h6-9,12-13,19H,10-11H2,1-5H3. The molecule has 1 N–H and O–H groups in total. The molecule has 0 fully saturated rings. The normalized spacial score (nSPS) is 12.9. The molecular weight excluding hydrogens is 260 g/mol. The van der Waals surface area contributed by atoms with Crippen LogP contribution in [0, 0.1) is 19.8 Å². The molecule has 0 amide bonds. The minimum absolute atomic E-state index is 0.536. The van der Waals surface area contributed by atoms with Gasteiger partial charge in [0.05, 0.1) is 11.4 Å². The zero-order chi connectivity index (χ0) is 15.4. The van der Waals surface area contributed by atoms with Crippen molar-refractivity contribution in [1.29, 1.82) is 0 Å². The molecule has 0 aliphatic heterocycles. The Balaban J connectivity index is 2.16. The maximum Gasteiger partial charge on any atom is 0.0679 e. The van der Waals surface area contributed by atoms with E-state index in [9.17, 15) is 0 Å². The molecule has 0 saturated carbocycles. The van der Waals surface area contributed by atoms with Gasteiger partial charge in [0.15, 0.2) is 0 Å². The van der Waals surface area contributed by atoms with Crippen molar-refractivity contribution in [3.63, 3.8) is 0 Å². The fraction of sp³-hybridized carbons (Fsp3) is 0.529. The highest BCUT2D eigenvalue weighted by Crippen LogP contribution is 2.20. The van der Waals surface area contributed by atoms with Crippen molar-refractivity contribution in [2.75, 3.05) is 6.54 Å². The summed E-state index contributed by atoms with van der Waals surface area (Å²) in [6, 6.07) is 4.52. The number of aryl methyl sites for hydroxylation is 1. The fourth-order valence-electron chi connectivity index (χ4n) is 2.56. The number of pyridine rings is 1. The van der Waals surface area contributed by atoms with Gasteiger partial charge in [-0.05, 0) is 50.4 Å². The summed E-state index contributed by atoms with van der Waals surface area (Å²) in [6.45, 7) is 11.9. The number of aromatic nitrogens is 3. The first-order valence-corrected chi connectivity index (χ1v) is 7.68.